The van der Waals surface area contributed by atoms with Crippen LogP contribution >= 0.6 is 11.3 Å². The van der Waals surface area contributed by atoms with Gasteiger partial charge < -0.3 is 5.32 Å². The summed E-state index contributed by atoms with van der Waals surface area (Å²) in [6.45, 7) is 5.55. The Labute approximate surface area is 119 Å². The van der Waals surface area contributed by atoms with Crippen molar-refractivity contribution in [1.29, 1.82) is 0 Å². The number of hydrogen-bond acceptors (Lipinski definition) is 4. The van der Waals surface area contributed by atoms with E-state index < -0.39 is 10.0 Å². The summed E-state index contributed by atoms with van der Waals surface area (Å²) in [5.41, 5.74) is 1.03. The average molecular weight is 302 g/mol. The molecule has 0 saturated carbocycles. The molecule has 0 aliphatic carbocycles. The molecule has 6 heteroatoms. The third-order valence-corrected chi connectivity index (χ3v) is 7.13. The summed E-state index contributed by atoms with van der Waals surface area (Å²) >= 11 is 1.32. The van der Waals surface area contributed by atoms with Crippen LogP contribution in [0.1, 0.15) is 32.3 Å². The van der Waals surface area contributed by atoms with E-state index in [0.29, 0.717) is 23.2 Å². The minimum atomic E-state index is -3.31. The minimum Gasteiger partial charge on any atom is -0.316 e. The van der Waals surface area contributed by atoms with E-state index in [4.69, 9.17) is 0 Å². The first-order valence-electron chi connectivity index (χ1n) is 6.69. The molecule has 1 N–H and O–H groups in total. The van der Waals surface area contributed by atoms with Crippen LogP contribution in [-0.2, 0) is 16.6 Å². The lowest BCUT2D eigenvalue weighted by Crippen LogP contribution is -2.43. The number of nitrogens with zero attached hydrogens (tertiary/aromatic N) is 1. The van der Waals surface area contributed by atoms with Gasteiger partial charge in [-0.2, -0.15) is 4.31 Å². The topological polar surface area (TPSA) is 49.4 Å². The fourth-order valence-electron chi connectivity index (χ4n) is 2.64. The highest BCUT2D eigenvalue weighted by Crippen LogP contribution is 2.30. The van der Waals surface area contributed by atoms with Crippen LogP contribution < -0.4 is 5.32 Å². The van der Waals surface area contributed by atoms with Crippen LogP contribution in [0, 0.1) is 5.92 Å². The molecule has 2 heterocycles. The Hall–Kier alpha value is -0.430. The zero-order valence-electron chi connectivity index (χ0n) is 11.7. The minimum absolute atomic E-state index is 0.101. The van der Waals surface area contributed by atoms with E-state index in [2.05, 4.69) is 12.2 Å². The molecule has 2 atom stereocenters. The Morgan fingerprint density at radius 1 is 1.47 bits per heavy atom. The van der Waals surface area contributed by atoms with Crippen molar-refractivity contribution in [2.45, 2.75) is 43.5 Å². The molecule has 0 spiro atoms. The smallest absolute Gasteiger partial charge is 0.252 e. The third-order valence-electron chi connectivity index (χ3n) is 3.65. The largest absolute Gasteiger partial charge is 0.316 e. The van der Waals surface area contributed by atoms with Gasteiger partial charge in [-0.1, -0.05) is 6.92 Å². The maximum Gasteiger partial charge on any atom is 0.252 e. The summed E-state index contributed by atoms with van der Waals surface area (Å²) in [6, 6.07) is 1.89. The average Bonchev–Trinajstić information content (AvgIpc) is 2.78. The van der Waals surface area contributed by atoms with Crippen LogP contribution in [0.5, 0.6) is 0 Å². The van der Waals surface area contributed by atoms with E-state index in [-0.39, 0.29) is 6.04 Å². The number of hydrogen-bond donors (Lipinski definition) is 1. The van der Waals surface area contributed by atoms with Crippen LogP contribution in [0.15, 0.2) is 15.7 Å². The second-order valence-corrected chi connectivity index (χ2v) is 8.43. The molecule has 1 saturated heterocycles. The monoisotopic (exact) mass is 302 g/mol. The molecule has 1 aromatic rings. The fourth-order valence-corrected chi connectivity index (χ4v) is 5.64. The first-order chi connectivity index (χ1) is 8.95. The van der Waals surface area contributed by atoms with E-state index in [1.165, 1.54) is 11.3 Å². The molecule has 19 heavy (non-hydrogen) atoms. The molecular weight excluding hydrogens is 280 g/mol. The summed E-state index contributed by atoms with van der Waals surface area (Å²) in [5.74, 6) is 0.615. The standard InChI is InChI=1S/C13H22N2O2S2/c1-10-4-5-15(11(2)6-10)19(16,17)13-7-12(8-14-3)9-18-13/h7,9-11,14H,4-6,8H2,1-3H3. The summed E-state index contributed by atoms with van der Waals surface area (Å²) in [4.78, 5) is 0. The molecule has 2 rings (SSSR count). The molecule has 2 unspecified atom stereocenters. The van der Waals surface area contributed by atoms with Crippen molar-refractivity contribution < 1.29 is 8.42 Å². The lowest BCUT2D eigenvalue weighted by Gasteiger charge is -2.35. The normalized spacial score (nSPS) is 25.6. The molecule has 1 aliphatic heterocycles. The maximum absolute atomic E-state index is 12.6. The van der Waals surface area contributed by atoms with Crippen LogP contribution in [0.3, 0.4) is 0 Å². The highest BCUT2D eigenvalue weighted by molar-refractivity contribution is 7.91. The van der Waals surface area contributed by atoms with Gasteiger partial charge in [0.2, 0.25) is 0 Å². The highest BCUT2D eigenvalue weighted by atomic mass is 32.2. The van der Waals surface area contributed by atoms with Gasteiger partial charge in [-0.15, -0.1) is 11.3 Å². The summed E-state index contributed by atoms with van der Waals surface area (Å²) < 4.78 is 27.4. The zero-order chi connectivity index (χ0) is 14.0. The molecule has 0 radical (unpaired) electrons. The molecule has 0 amide bonds. The van der Waals surface area contributed by atoms with E-state index in [0.717, 1.165) is 18.4 Å². The number of sulfonamides is 1. The van der Waals surface area contributed by atoms with Gasteiger partial charge in [-0.05, 0) is 49.7 Å². The molecule has 1 fully saturated rings. The second-order valence-electron chi connectivity index (χ2n) is 5.40. The molecule has 1 aliphatic rings. The second kappa shape index (κ2) is 5.91. The number of rotatable bonds is 4. The van der Waals surface area contributed by atoms with Crippen molar-refractivity contribution in [3.8, 4) is 0 Å². The quantitative estimate of drug-likeness (QED) is 0.928. The van der Waals surface area contributed by atoms with E-state index in [1.54, 1.807) is 10.4 Å². The van der Waals surface area contributed by atoms with Crippen LogP contribution in [0.2, 0.25) is 0 Å². The van der Waals surface area contributed by atoms with Crippen molar-refractivity contribution in [2.75, 3.05) is 13.6 Å². The van der Waals surface area contributed by atoms with Crippen molar-refractivity contribution in [3.63, 3.8) is 0 Å². The maximum atomic E-state index is 12.6. The van der Waals surface area contributed by atoms with Gasteiger partial charge >= 0.3 is 0 Å². The number of nitrogens with one attached hydrogen (secondary N) is 1. The van der Waals surface area contributed by atoms with E-state index in [9.17, 15) is 8.42 Å². The number of thiophene rings is 1. The van der Waals surface area contributed by atoms with Crippen molar-refractivity contribution in [2.24, 2.45) is 5.92 Å². The summed E-state index contributed by atoms with van der Waals surface area (Å²) in [5, 5.41) is 4.96. The Morgan fingerprint density at radius 3 is 2.84 bits per heavy atom. The van der Waals surface area contributed by atoms with Gasteiger partial charge in [0.1, 0.15) is 4.21 Å². The Balaban J connectivity index is 2.21. The Kier molecular flexibility index (Phi) is 4.66. The Morgan fingerprint density at radius 2 is 2.21 bits per heavy atom. The lowest BCUT2D eigenvalue weighted by molar-refractivity contribution is 0.220. The molecule has 108 valence electrons. The fraction of sp³-hybridized carbons (Fsp3) is 0.692. The molecule has 0 aromatic carbocycles. The van der Waals surface area contributed by atoms with Gasteiger partial charge in [0.25, 0.3) is 10.0 Å². The van der Waals surface area contributed by atoms with Crippen LogP contribution in [-0.4, -0.2) is 32.4 Å². The van der Waals surface area contributed by atoms with Crippen molar-refractivity contribution in [3.05, 3.63) is 17.0 Å². The molecule has 1 aromatic heterocycles. The zero-order valence-corrected chi connectivity index (χ0v) is 13.4. The van der Waals surface area contributed by atoms with Crippen molar-refractivity contribution in [1.82, 2.24) is 9.62 Å². The van der Waals surface area contributed by atoms with Gasteiger partial charge in [0.05, 0.1) is 0 Å². The lowest BCUT2D eigenvalue weighted by atomic mass is 9.95. The van der Waals surface area contributed by atoms with Gasteiger partial charge in [-0.25, -0.2) is 8.42 Å². The summed E-state index contributed by atoms with van der Waals surface area (Å²) in [6.07, 6.45) is 1.91. The number of piperidine rings is 1. The van der Waals surface area contributed by atoms with Gasteiger partial charge in [-0.3, -0.25) is 0 Å². The first-order valence-corrected chi connectivity index (χ1v) is 9.01. The highest BCUT2D eigenvalue weighted by Gasteiger charge is 2.33. The molecule has 0 bridgehead atoms. The third kappa shape index (κ3) is 3.18. The SMILES string of the molecule is CNCc1csc(S(=O)(=O)N2CCC(C)CC2C)c1. The summed E-state index contributed by atoms with van der Waals surface area (Å²) in [7, 11) is -1.45. The van der Waals surface area contributed by atoms with Gasteiger partial charge in [0, 0.05) is 19.1 Å². The van der Waals surface area contributed by atoms with Crippen molar-refractivity contribution >= 4 is 21.4 Å². The Bertz CT molecular complexity index is 525. The van der Waals surface area contributed by atoms with Gasteiger partial charge in [0.15, 0.2) is 0 Å². The molecule has 4 nitrogen and oxygen atoms in total. The first kappa shape index (κ1) is 15.0. The van der Waals surface area contributed by atoms with E-state index in [1.807, 2.05) is 19.4 Å². The molecular formula is C13H22N2O2S2. The predicted octanol–water partition coefficient (Wildman–Crippen LogP) is 2.28. The van der Waals surface area contributed by atoms with E-state index >= 15 is 0 Å². The van der Waals surface area contributed by atoms with Crippen LogP contribution in [0.25, 0.3) is 0 Å². The predicted molar refractivity (Wildman–Crippen MR) is 78.8 cm³/mol. The van der Waals surface area contributed by atoms with Crippen LogP contribution in [0.4, 0.5) is 0 Å².